The Labute approximate surface area is 150 Å². The van der Waals surface area contributed by atoms with Crippen LogP contribution in [0.5, 0.6) is 0 Å². The molecule has 1 aromatic rings. The zero-order chi connectivity index (χ0) is 16.2. The molecule has 0 radical (unpaired) electrons. The summed E-state index contributed by atoms with van der Waals surface area (Å²) >= 11 is 0. The van der Waals surface area contributed by atoms with Gasteiger partial charge in [-0.05, 0) is 55.2 Å². The third-order valence-electron chi connectivity index (χ3n) is 5.58. The number of amides is 1. The van der Waals surface area contributed by atoms with E-state index < -0.39 is 0 Å². The Morgan fingerprint density at radius 3 is 2.38 bits per heavy atom. The first-order valence-corrected chi connectivity index (χ1v) is 8.94. The normalized spacial score (nSPS) is 25.2. The van der Waals surface area contributed by atoms with Crippen LogP contribution in [0.3, 0.4) is 0 Å². The van der Waals surface area contributed by atoms with Crippen LogP contribution >= 0.6 is 12.4 Å². The minimum atomic E-state index is -0.234. The highest BCUT2D eigenvalue weighted by Crippen LogP contribution is 2.36. The van der Waals surface area contributed by atoms with Crippen LogP contribution in [-0.4, -0.2) is 11.9 Å². The number of hydrogen-bond acceptors (Lipinski definition) is 2. The largest absolute Gasteiger partial charge is 0.349 e. The Kier molecular flexibility index (Phi) is 7.05. The van der Waals surface area contributed by atoms with E-state index in [1.165, 1.54) is 25.0 Å². The predicted octanol–water partition coefficient (Wildman–Crippen LogP) is 4.11. The summed E-state index contributed by atoms with van der Waals surface area (Å²) in [6.07, 6.45) is 8.42. The number of halogens is 2. The zero-order valence-electron chi connectivity index (χ0n) is 14.0. The molecule has 24 heavy (non-hydrogen) atoms. The second-order valence-corrected chi connectivity index (χ2v) is 7.20. The monoisotopic (exact) mass is 354 g/mol. The number of benzene rings is 1. The van der Waals surface area contributed by atoms with Gasteiger partial charge in [-0.25, -0.2) is 4.39 Å². The second kappa shape index (κ2) is 8.82. The molecule has 2 aliphatic carbocycles. The fourth-order valence-corrected chi connectivity index (χ4v) is 4.22. The van der Waals surface area contributed by atoms with Crippen molar-refractivity contribution in [2.75, 3.05) is 0 Å². The van der Waals surface area contributed by atoms with Crippen LogP contribution in [0.1, 0.15) is 63.0 Å². The summed E-state index contributed by atoms with van der Waals surface area (Å²) in [7, 11) is 0. The van der Waals surface area contributed by atoms with Crippen molar-refractivity contribution in [2.45, 2.75) is 63.5 Å². The van der Waals surface area contributed by atoms with Crippen LogP contribution in [0, 0.1) is 17.7 Å². The van der Waals surface area contributed by atoms with Crippen molar-refractivity contribution in [3.8, 4) is 0 Å². The molecular weight excluding hydrogens is 327 g/mol. The molecule has 0 heterocycles. The molecule has 0 bridgehead atoms. The van der Waals surface area contributed by atoms with Crippen LogP contribution in [0.2, 0.25) is 0 Å². The molecule has 3 rings (SSSR count). The number of carbonyl (C=O) groups excluding carboxylic acids is 1. The quantitative estimate of drug-likeness (QED) is 0.835. The molecule has 3 N–H and O–H groups in total. The Morgan fingerprint density at radius 1 is 1.12 bits per heavy atom. The van der Waals surface area contributed by atoms with Gasteiger partial charge in [0.25, 0.3) is 0 Å². The fraction of sp³-hybridized carbons (Fsp3) is 0.632. The maximum Gasteiger partial charge on any atom is 0.220 e. The Hall–Kier alpha value is -1.13. The standard InChI is InChI=1S/C19H27FN2O.ClH/c20-16-10-8-14(9-11-16)19(13-4-1-2-5-13)22-18(23)12-15-6-3-7-17(15)21;/h8-11,13,15,17,19H,1-7,12,21H2,(H,22,23);1H/t15-,17+,19?;/m0./s1. The highest BCUT2D eigenvalue weighted by molar-refractivity contribution is 5.85. The lowest BCUT2D eigenvalue weighted by atomic mass is 9.91. The van der Waals surface area contributed by atoms with E-state index in [0.29, 0.717) is 18.3 Å². The SMILES string of the molecule is Cl.N[C@@H]1CCC[C@H]1CC(=O)NC(c1ccc(F)cc1)C1CCCC1. The fourth-order valence-electron chi connectivity index (χ4n) is 4.22. The first-order chi connectivity index (χ1) is 11.1. The van der Waals surface area contributed by atoms with E-state index in [0.717, 1.165) is 37.7 Å². The minimum absolute atomic E-state index is 0. The number of nitrogens with one attached hydrogen (secondary N) is 1. The van der Waals surface area contributed by atoms with Crippen LogP contribution in [0.4, 0.5) is 4.39 Å². The van der Waals surface area contributed by atoms with Crippen molar-refractivity contribution >= 4 is 18.3 Å². The minimum Gasteiger partial charge on any atom is -0.349 e. The molecule has 2 aliphatic rings. The van der Waals surface area contributed by atoms with Crippen molar-refractivity contribution in [1.82, 2.24) is 5.32 Å². The molecule has 0 spiro atoms. The van der Waals surface area contributed by atoms with Gasteiger partial charge in [0.15, 0.2) is 0 Å². The summed E-state index contributed by atoms with van der Waals surface area (Å²) in [5, 5.41) is 3.23. The van der Waals surface area contributed by atoms with Gasteiger partial charge in [-0.1, -0.05) is 31.4 Å². The van der Waals surface area contributed by atoms with Crippen molar-refractivity contribution in [2.24, 2.45) is 17.6 Å². The van der Waals surface area contributed by atoms with Crippen LogP contribution in [-0.2, 0) is 4.79 Å². The molecule has 1 unspecified atom stereocenters. The van der Waals surface area contributed by atoms with Crippen molar-refractivity contribution in [1.29, 1.82) is 0 Å². The molecule has 1 aromatic carbocycles. The molecule has 0 aromatic heterocycles. The van der Waals surface area contributed by atoms with Crippen LogP contribution in [0.15, 0.2) is 24.3 Å². The first kappa shape index (κ1) is 19.2. The van der Waals surface area contributed by atoms with Crippen molar-refractivity contribution in [3.63, 3.8) is 0 Å². The van der Waals surface area contributed by atoms with Crippen LogP contribution < -0.4 is 11.1 Å². The molecule has 1 amide bonds. The molecular formula is C19H28ClFN2O. The number of nitrogens with two attached hydrogens (primary N) is 1. The van der Waals surface area contributed by atoms with Gasteiger partial charge in [0.1, 0.15) is 5.82 Å². The van der Waals surface area contributed by atoms with E-state index in [4.69, 9.17) is 5.73 Å². The Morgan fingerprint density at radius 2 is 1.79 bits per heavy atom. The average Bonchev–Trinajstić information content (AvgIpc) is 3.19. The molecule has 3 atom stereocenters. The van der Waals surface area contributed by atoms with Gasteiger partial charge in [-0.15, -0.1) is 12.4 Å². The third-order valence-corrected chi connectivity index (χ3v) is 5.58. The zero-order valence-corrected chi connectivity index (χ0v) is 14.9. The number of hydrogen-bond donors (Lipinski definition) is 2. The Bertz CT molecular complexity index is 531. The lowest BCUT2D eigenvalue weighted by Crippen LogP contribution is -2.36. The molecule has 0 aliphatic heterocycles. The molecule has 2 fully saturated rings. The third kappa shape index (κ3) is 4.70. The van der Waals surface area contributed by atoms with Gasteiger partial charge in [0.2, 0.25) is 5.91 Å². The maximum absolute atomic E-state index is 13.2. The molecule has 5 heteroatoms. The molecule has 0 saturated heterocycles. The summed E-state index contributed by atoms with van der Waals surface area (Å²) in [5.74, 6) is 0.630. The van der Waals surface area contributed by atoms with Crippen LogP contribution in [0.25, 0.3) is 0 Å². The van der Waals surface area contributed by atoms with Gasteiger partial charge >= 0.3 is 0 Å². The highest BCUT2D eigenvalue weighted by atomic mass is 35.5. The smallest absolute Gasteiger partial charge is 0.220 e. The van der Waals surface area contributed by atoms with E-state index in [2.05, 4.69) is 5.32 Å². The number of rotatable bonds is 5. The summed E-state index contributed by atoms with van der Waals surface area (Å²) in [4.78, 5) is 12.5. The lowest BCUT2D eigenvalue weighted by molar-refractivity contribution is -0.123. The first-order valence-electron chi connectivity index (χ1n) is 8.94. The van der Waals surface area contributed by atoms with Gasteiger partial charge in [0.05, 0.1) is 6.04 Å². The van der Waals surface area contributed by atoms with E-state index in [1.807, 2.05) is 0 Å². The molecule has 3 nitrogen and oxygen atoms in total. The van der Waals surface area contributed by atoms with E-state index >= 15 is 0 Å². The molecule has 2 saturated carbocycles. The van der Waals surface area contributed by atoms with Crippen molar-refractivity contribution < 1.29 is 9.18 Å². The predicted molar refractivity (Wildman–Crippen MR) is 96.4 cm³/mol. The van der Waals surface area contributed by atoms with E-state index in [1.54, 1.807) is 12.1 Å². The molecule has 134 valence electrons. The van der Waals surface area contributed by atoms with Gasteiger partial charge in [0, 0.05) is 12.5 Å². The summed E-state index contributed by atoms with van der Waals surface area (Å²) in [6.45, 7) is 0. The maximum atomic E-state index is 13.2. The second-order valence-electron chi connectivity index (χ2n) is 7.20. The van der Waals surface area contributed by atoms with Gasteiger partial charge < -0.3 is 11.1 Å². The highest BCUT2D eigenvalue weighted by Gasteiger charge is 2.30. The lowest BCUT2D eigenvalue weighted by Gasteiger charge is -2.26. The number of carbonyl (C=O) groups is 1. The summed E-state index contributed by atoms with van der Waals surface area (Å²) < 4.78 is 13.2. The van der Waals surface area contributed by atoms with Gasteiger partial charge in [-0.3, -0.25) is 4.79 Å². The Balaban J connectivity index is 0.00000208. The van der Waals surface area contributed by atoms with Gasteiger partial charge in [-0.2, -0.15) is 0 Å². The average molecular weight is 355 g/mol. The summed E-state index contributed by atoms with van der Waals surface area (Å²) in [5.41, 5.74) is 7.10. The van der Waals surface area contributed by atoms with E-state index in [-0.39, 0.29) is 36.2 Å². The van der Waals surface area contributed by atoms with Crippen molar-refractivity contribution in [3.05, 3.63) is 35.6 Å². The summed E-state index contributed by atoms with van der Waals surface area (Å²) in [6, 6.07) is 6.74. The van der Waals surface area contributed by atoms with E-state index in [9.17, 15) is 9.18 Å². The topological polar surface area (TPSA) is 55.1 Å².